The summed E-state index contributed by atoms with van der Waals surface area (Å²) in [6, 6.07) is 5.75. The molecule has 1 aromatic rings. The molecule has 1 aliphatic rings. The molecule has 0 aromatic heterocycles. The SMILES string of the molecule is CCOC(=O)C1CCC(c2cc(C)ccc2O)CC1. The van der Waals surface area contributed by atoms with Crippen molar-refractivity contribution in [2.45, 2.75) is 45.4 Å². The van der Waals surface area contributed by atoms with E-state index in [1.807, 2.05) is 19.9 Å². The van der Waals surface area contributed by atoms with E-state index in [1.165, 1.54) is 5.56 Å². The molecule has 19 heavy (non-hydrogen) atoms. The van der Waals surface area contributed by atoms with E-state index in [4.69, 9.17) is 4.74 Å². The Balaban J connectivity index is 2.00. The number of phenolic OH excluding ortho intramolecular Hbond substituents is 1. The molecule has 104 valence electrons. The Morgan fingerprint density at radius 1 is 1.32 bits per heavy atom. The number of hydrogen-bond acceptors (Lipinski definition) is 3. The summed E-state index contributed by atoms with van der Waals surface area (Å²) in [5, 5.41) is 9.95. The van der Waals surface area contributed by atoms with Crippen LogP contribution < -0.4 is 0 Å². The lowest BCUT2D eigenvalue weighted by molar-refractivity contribution is -0.149. The van der Waals surface area contributed by atoms with Crippen LogP contribution in [-0.2, 0) is 9.53 Å². The molecule has 2 rings (SSSR count). The summed E-state index contributed by atoms with van der Waals surface area (Å²) in [7, 11) is 0. The second-order valence-electron chi connectivity index (χ2n) is 5.36. The van der Waals surface area contributed by atoms with Crippen molar-refractivity contribution in [3.8, 4) is 5.75 Å². The van der Waals surface area contributed by atoms with Gasteiger partial charge in [-0.25, -0.2) is 0 Å². The fraction of sp³-hybridized carbons (Fsp3) is 0.562. The van der Waals surface area contributed by atoms with Crippen molar-refractivity contribution in [1.29, 1.82) is 0 Å². The minimum absolute atomic E-state index is 0.0446. The first kappa shape index (κ1) is 13.9. The fourth-order valence-corrected chi connectivity index (χ4v) is 2.90. The Hall–Kier alpha value is -1.51. The van der Waals surface area contributed by atoms with Crippen molar-refractivity contribution in [2.75, 3.05) is 6.61 Å². The van der Waals surface area contributed by atoms with Gasteiger partial charge in [-0.05, 0) is 57.1 Å². The summed E-state index contributed by atoms with van der Waals surface area (Å²) in [4.78, 5) is 11.7. The van der Waals surface area contributed by atoms with Crippen LogP contribution in [0.5, 0.6) is 5.75 Å². The van der Waals surface area contributed by atoms with E-state index < -0.39 is 0 Å². The topological polar surface area (TPSA) is 46.5 Å². The van der Waals surface area contributed by atoms with E-state index in [0.717, 1.165) is 31.2 Å². The zero-order valence-electron chi connectivity index (χ0n) is 11.7. The van der Waals surface area contributed by atoms with Crippen molar-refractivity contribution in [3.63, 3.8) is 0 Å². The molecule has 0 aliphatic heterocycles. The molecule has 0 heterocycles. The molecular weight excluding hydrogens is 240 g/mol. The lowest BCUT2D eigenvalue weighted by atomic mass is 9.78. The van der Waals surface area contributed by atoms with Crippen LogP contribution in [0.3, 0.4) is 0 Å². The first-order valence-electron chi connectivity index (χ1n) is 7.08. The summed E-state index contributed by atoms with van der Waals surface area (Å²) < 4.78 is 5.08. The quantitative estimate of drug-likeness (QED) is 0.847. The predicted molar refractivity (Wildman–Crippen MR) is 74.2 cm³/mol. The number of rotatable bonds is 3. The van der Waals surface area contributed by atoms with Crippen LogP contribution in [0.25, 0.3) is 0 Å². The van der Waals surface area contributed by atoms with E-state index in [9.17, 15) is 9.90 Å². The summed E-state index contributed by atoms with van der Waals surface area (Å²) in [6.07, 6.45) is 3.61. The third-order valence-electron chi connectivity index (χ3n) is 3.97. The summed E-state index contributed by atoms with van der Waals surface area (Å²) in [5.41, 5.74) is 2.20. The number of benzene rings is 1. The molecule has 0 bridgehead atoms. The van der Waals surface area contributed by atoms with Gasteiger partial charge in [-0.3, -0.25) is 4.79 Å². The van der Waals surface area contributed by atoms with Gasteiger partial charge in [-0.15, -0.1) is 0 Å². The second-order valence-corrected chi connectivity index (χ2v) is 5.36. The average Bonchev–Trinajstić information content (AvgIpc) is 2.42. The number of aromatic hydroxyl groups is 1. The Labute approximate surface area is 114 Å². The number of hydrogen-bond donors (Lipinski definition) is 1. The molecule has 0 atom stereocenters. The predicted octanol–water partition coefficient (Wildman–Crippen LogP) is 3.54. The lowest BCUT2D eigenvalue weighted by Crippen LogP contribution is -2.23. The van der Waals surface area contributed by atoms with Crippen LogP contribution in [0.4, 0.5) is 0 Å². The minimum Gasteiger partial charge on any atom is -0.508 e. The highest BCUT2D eigenvalue weighted by Gasteiger charge is 2.28. The van der Waals surface area contributed by atoms with Crippen molar-refractivity contribution >= 4 is 5.97 Å². The van der Waals surface area contributed by atoms with E-state index in [0.29, 0.717) is 18.3 Å². The van der Waals surface area contributed by atoms with Gasteiger partial charge in [0.2, 0.25) is 0 Å². The standard InChI is InChI=1S/C16H22O3/c1-3-19-16(18)13-7-5-12(6-8-13)14-10-11(2)4-9-15(14)17/h4,9-10,12-13,17H,3,5-8H2,1-2H3. The molecule has 1 aromatic carbocycles. The number of carbonyl (C=O) groups is 1. The van der Waals surface area contributed by atoms with Gasteiger partial charge in [0.1, 0.15) is 5.75 Å². The molecular formula is C16H22O3. The Bertz CT molecular complexity index is 445. The molecule has 1 fully saturated rings. The molecule has 0 radical (unpaired) electrons. The van der Waals surface area contributed by atoms with Crippen LogP contribution in [0.15, 0.2) is 18.2 Å². The number of ether oxygens (including phenoxy) is 1. The number of carbonyl (C=O) groups excluding carboxylic acids is 1. The number of esters is 1. The van der Waals surface area contributed by atoms with Crippen molar-refractivity contribution < 1.29 is 14.6 Å². The maximum absolute atomic E-state index is 11.7. The maximum Gasteiger partial charge on any atom is 0.308 e. The van der Waals surface area contributed by atoms with Gasteiger partial charge >= 0.3 is 5.97 Å². The van der Waals surface area contributed by atoms with Crippen LogP contribution in [0.2, 0.25) is 0 Å². The van der Waals surface area contributed by atoms with Crippen LogP contribution >= 0.6 is 0 Å². The summed E-state index contributed by atoms with van der Waals surface area (Å²) in [6.45, 7) is 4.33. The molecule has 3 heteroatoms. The Morgan fingerprint density at radius 3 is 2.63 bits per heavy atom. The molecule has 1 saturated carbocycles. The minimum atomic E-state index is -0.0607. The first-order valence-corrected chi connectivity index (χ1v) is 7.08. The van der Waals surface area contributed by atoms with E-state index in [2.05, 4.69) is 6.07 Å². The summed E-state index contributed by atoms with van der Waals surface area (Å²) >= 11 is 0. The van der Waals surface area contributed by atoms with Gasteiger partial charge < -0.3 is 9.84 Å². The highest BCUT2D eigenvalue weighted by molar-refractivity contribution is 5.72. The van der Waals surface area contributed by atoms with Gasteiger partial charge in [0, 0.05) is 0 Å². The Morgan fingerprint density at radius 2 is 2.00 bits per heavy atom. The van der Waals surface area contributed by atoms with Crippen LogP contribution in [-0.4, -0.2) is 17.7 Å². The zero-order valence-corrected chi connectivity index (χ0v) is 11.7. The monoisotopic (exact) mass is 262 g/mol. The van der Waals surface area contributed by atoms with Gasteiger partial charge in [0.15, 0.2) is 0 Å². The number of aryl methyl sites for hydroxylation is 1. The van der Waals surface area contributed by atoms with Gasteiger partial charge in [-0.2, -0.15) is 0 Å². The third-order valence-corrected chi connectivity index (χ3v) is 3.97. The van der Waals surface area contributed by atoms with Gasteiger partial charge in [0.05, 0.1) is 12.5 Å². The van der Waals surface area contributed by atoms with Crippen molar-refractivity contribution in [2.24, 2.45) is 5.92 Å². The highest BCUT2D eigenvalue weighted by Crippen LogP contribution is 2.39. The summed E-state index contributed by atoms with van der Waals surface area (Å²) in [5.74, 6) is 0.730. The normalized spacial score (nSPS) is 23.1. The second kappa shape index (κ2) is 6.09. The molecule has 0 spiro atoms. The maximum atomic E-state index is 11.7. The molecule has 0 saturated heterocycles. The zero-order chi connectivity index (χ0) is 13.8. The van der Waals surface area contributed by atoms with Crippen LogP contribution in [0.1, 0.15) is 49.7 Å². The Kier molecular flexibility index (Phi) is 4.46. The van der Waals surface area contributed by atoms with Gasteiger partial charge in [-0.1, -0.05) is 17.7 Å². The van der Waals surface area contributed by atoms with Crippen LogP contribution in [0, 0.1) is 12.8 Å². The van der Waals surface area contributed by atoms with Crippen molar-refractivity contribution in [3.05, 3.63) is 29.3 Å². The van der Waals surface area contributed by atoms with E-state index in [1.54, 1.807) is 6.07 Å². The first-order chi connectivity index (χ1) is 9.11. The van der Waals surface area contributed by atoms with Crippen molar-refractivity contribution in [1.82, 2.24) is 0 Å². The lowest BCUT2D eigenvalue weighted by Gasteiger charge is -2.28. The third kappa shape index (κ3) is 3.28. The average molecular weight is 262 g/mol. The largest absolute Gasteiger partial charge is 0.508 e. The molecule has 1 aliphatic carbocycles. The molecule has 3 nitrogen and oxygen atoms in total. The smallest absolute Gasteiger partial charge is 0.308 e. The molecule has 1 N–H and O–H groups in total. The fourth-order valence-electron chi connectivity index (χ4n) is 2.90. The highest BCUT2D eigenvalue weighted by atomic mass is 16.5. The number of phenols is 1. The van der Waals surface area contributed by atoms with E-state index in [-0.39, 0.29) is 11.9 Å². The molecule has 0 amide bonds. The van der Waals surface area contributed by atoms with Gasteiger partial charge in [0.25, 0.3) is 0 Å². The molecule has 0 unspecified atom stereocenters. The van der Waals surface area contributed by atoms with E-state index >= 15 is 0 Å².